The van der Waals surface area contributed by atoms with E-state index in [-0.39, 0.29) is 24.2 Å². The Kier molecular flexibility index (Phi) is 6.85. The van der Waals surface area contributed by atoms with Crippen LogP contribution in [-0.2, 0) is 4.79 Å². The summed E-state index contributed by atoms with van der Waals surface area (Å²) in [6.07, 6.45) is 9.43. The third-order valence-electron chi connectivity index (χ3n) is 7.16. The summed E-state index contributed by atoms with van der Waals surface area (Å²) in [6.45, 7) is 2.11. The van der Waals surface area contributed by atoms with Crippen LogP contribution in [0.15, 0.2) is 11.6 Å². The number of hydrogen-bond acceptors (Lipinski definition) is 4. The van der Waals surface area contributed by atoms with Crippen LogP contribution in [0.2, 0.25) is 0 Å². The van der Waals surface area contributed by atoms with Gasteiger partial charge >= 0.3 is 5.97 Å². The van der Waals surface area contributed by atoms with E-state index in [1.807, 2.05) is 0 Å². The maximum Gasteiger partial charge on any atom is 0.303 e. The molecule has 0 spiro atoms. The van der Waals surface area contributed by atoms with Gasteiger partial charge in [-0.15, -0.1) is 0 Å². The van der Waals surface area contributed by atoms with Crippen molar-refractivity contribution < 1.29 is 25.2 Å². The Morgan fingerprint density at radius 2 is 1.89 bits per heavy atom. The number of allylic oxidation sites excluding steroid dienone is 2. The Labute approximate surface area is 167 Å². The van der Waals surface area contributed by atoms with E-state index in [0.717, 1.165) is 44.9 Å². The number of hydrogen-bond donors (Lipinski definition) is 4. The van der Waals surface area contributed by atoms with Crippen molar-refractivity contribution in [3.05, 3.63) is 11.6 Å². The van der Waals surface area contributed by atoms with E-state index in [4.69, 9.17) is 5.11 Å². The molecule has 0 aliphatic heterocycles. The third kappa shape index (κ3) is 4.45. The maximum atomic E-state index is 10.8. The van der Waals surface area contributed by atoms with Gasteiger partial charge in [0.15, 0.2) is 0 Å². The van der Waals surface area contributed by atoms with Gasteiger partial charge in [-0.2, -0.15) is 0 Å². The molecular formula is C23H34O5. The molecule has 5 unspecified atom stereocenters. The zero-order chi connectivity index (χ0) is 20.3. The maximum absolute atomic E-state index is 10.8. The van der Waals surface area contributed by atoms with Gasteiger partial charge in [-0.1, -0.05) is 43.8 Å². The molecule has 0 aromatic rings. The SMILES string of the molecule is CCC1C(=CCCC(=O)O)C2CCC(O)C(C#CC(O)(O)C3CCCCC3)C12. The molecule has 0 heterocycles. The highest BCUT2D eigenvalue weighted by Crippen LogP contribution is 2.57. The van der Waals surface area contributed by atoms with Crippen LogP contribution in [0.25, 0.3) is 0 Å². The molecule has 3 aliphatic carbocycles. The number of aliphatic hydroxyl groups excluding tert-OH is 1. The topological polar surface area (TPSA) is 98.0 Å². The minimum Gasteiger partial charge on any atom is -0.481 e. The second-order valence-corrected chi connectivity index (χ2v) is 8.84. The van der Waals surface area contributed by atoms with E-state index in [9.17, 15) is 20.1 Å². The summed E-state index contributed by atoms with van der Waals surface area (Å²) in [5.41, 5.74) is 1.32. The summed E-state index contributed by atoms with van der Waals surface area (Å²) in [6, 6.07) is 0. The van der Waals surface area contributed by atoms with E-state index in [1.165, 1.54) is 5.57 Å². The second kappa shape index (κ2) is 8.98. The molecule has 156 valence electrons. The first kappa shape index (κ1) is 21.4. The first-order chi connectivity index (χ1) is 13.3. The van der Waals surface area contributed by atoms with Crippen LogP contribution in [0.5, 0.6) is 0 Å². The summed E-state index contributed by atoms with van der Waals surface area (Å²) in [4.78, 5) is 10.8. The number of carboxylic acids is 1. The summed E-state index contributed by atoms with van der Waals surface area (Å²) in [5.74, 6) is 3.46. The highest BCUT2D eigenvalue weighted by atomic mass is 16.5. The van der Waals surface area contributed by atoms with Gasteiger partial charge in [-0.25, -0.2) is 0 Å². The van der Waals surface area contributed by atoms with Crippen LogP contribution in [-0.4, -0.2) is 38.3 Å². The number of carbonyl (C=O) groups is 1. The Morgan fingerprint density at radius 3 is 2.54 bits per heavy atom. The lowest BCUT2D eigenvalue weighted by atomic mass is 9.50. The Hall–Kier alpha value is -1.35. The number of fused-ring (bicyclic) bond motifs is 1. The molecule has 0 radical (unpaired) electrons. The van der Waals surface area contributed by atoms with Gasteiger partial charge in [0.1, 0.15) is 0 Å². The molecule has 5 atom stereocenters. The molecule has 5 nitrogen and oxygen atoms in total. The highest BCUT2D eigenvalue weighted by Gasteiger charge is 2.52. The van der Waals surface area contributed by atoms with Crippen molar-refractivity contribution >= 4 is 5.97 Å². The van der Waals surface area contributed by atoms with Gasteiger partial charge in [0.2, 0.25) is 5.79 Å². The van der Waals surface area contributed by atoms with Crippen molar-refractivity contribution in [2.45, 2.75) is 83.0 Å². The molecule has 4 N–H and O–H groups in total. The van der Waals surface area contributed by atoms with Gasteiger partial charge in [-0.3, -0.25) is 4.79 Å². The van der Waals surface area contributed by atoms with Gasteiger partial charge in [0.05, 0.1) is 12.0 Å². The molecule has 3 saturated carbocycles. The summed E-state index contributed by atoms with van der Waals surface area (Å²) < 4.78 is 0. The summed E-state index contributed by atoms with van der Waals surface area (Å²) in [5, 5.41) is 40.5. The molecule has 0 aromatic carbocycles. The van der Waals surface area contributed by atoms with Crippen molar-refractivity contribution in [3.63, 3.8) is 0 Å². The van der Waals surface area contributed by atoms with E-state index < -0.39 is 17.9 Å². The fourth-order valence-corrected chi connectivity index (χ4v) is 5.69. The quantitative estimate of drug-likeness (QED) is 0.329. The van der Waals surface area contributed by atoms with Crippen molar-refractivity contribution in [1.82, 2.24) is 0 Å². The fourth-order valence-electron chi connectivity index (χ4n) is 5.69. The standard InChI is InChI=1S/C23H34O5/c1-2-16-17(9-6-10-21(25)26)18-11-12-20(24)19(22(16)18)13-14-23(27,28)15-7-4-3-5-8-15/h9,15-16,18-20,22,24,27-28H,2-8,10-12H2,1H3,(H,25,26). The van der Waals surface area contributed by atoms with Gasteiger partial charge < -0.3 is 20.4 Å². The van der Waals surface area contributed by atoms with Crippen LogP contribution in [0.4, 0.5) is 0 Å². The average Bonchev–Trinajstić information content (AvgIpc) is 2.66. The fraction of sp³-hybridized carbons (Fsp3) is 0.783. The summed E-state index contributed by atoms with van der Waals surface area (Å²) >= 11 is 0. The molecule has 0 saturated heterocycles. The summed E-state index contributed by atoms with van der Waals surface area (Å²) in [7, 11) is 0. The largest absolute Gasteiger partial charge is 0.481 e. The van der Waals surface area contributed by atoms with Gasteiger partial charge in [0, 0.05) is 12.3 Å². The molecule has 5 heteroatoms. The zero-order valence-corrected chi connectivity index (χ0v) is 16.8. The van der Waals surface area contributed by atoms with E-state index >= 15 is 0 Å². The first-order valence-electron chi connectivity index (χ1n) is 10.9. The lowest BCUT2D eigenvalue weighted by molar-refractivity contribution is -0.158. The normalized spacial score (nSPS) is 34.9. The van der Waals surface area contributed by atoms with Crippen LogP contribution >= 0.6 is 0 Å². The lowest BCUT2D eigenvalue weighted by Crippen LogP contribution is -2.51. The lowest BCUT2D eigenvalue weighted by Gasteiger charge is -2.54. The van der Waals surface area contributed by atoms with Crippen LogP contribution in [0, 0.1) is 41.4 Å². The van der Waals surface area contributed by atoms with Gasteiger partial charge in [0.25, 0.3) is 0 Å². The molecule has 3 fully saturated rings. The molecule has 0 amide bonds. The van der Waals surface area contributed by atoms with Crippen LogP contribution in [0.1, 0.15) is 71.1 Å². The predicted octanol–water partition coefficient (Wildman–Crippen LogP) is 3.09. The number of carboxylic acid groups (broad SMARTS) is 1. The molecule has 0 bridgehead atoms. The smallest absolute Gasteiger partial charge is 0.303 e. The van der Waals surface area contributed by atoms with E-state index in [0.29, 0.717) is 24.7 Å². The molecule has 28 heavy (non-hydrogen) atoms. The minimum absolute atomic E-state index is 0.141. The van der Waals surface area contributed by atoms with Crippen LogP contribution < -0.4 is 0 Å². The van der Waals surface area contributed by atoms with Crippen molar-refractivity contribution in [2.75, 3.05) is 0 Å². The van der Waals surface area contributed by atoms with Gasteiger partial charge in [-0.05, 0) is 62.2 Å². The second-order valence-electron chi connectivity index (χ2n) is 8.84. The Bertz CT molecular complexity index is 642. The van der Waals surface area contributed by atoms with Crippen molar-refractivity contribution in [2.24, 2.45) is 29.6 Å². The van der Waals surface area contributed by atoms with Crippen molar-refractivity contribution in [1.29, 1.82) is 0 Å². The van der Waals surface area contributed by atoms with Crippen LogP contribution in [0.3, 0.4) is 0 Å². The number of aliphatic carboxylic acids is 1. The third-order valence-corrected chi connectivity index (χ3v) is 7.16. The zero-order valence-electron chi connectivity index (χ0n) is 16.8. The number of aliphatic hydroxyl groups is 3. The molecular weight excluding hydrogens is 356 g/mol. The average molecular weight is 391 g/mol. The molecule has 3 rings (SSSR count). The minimum atomic E-state index is -1.97. The first-order valence-corrected chi connectivity index (χ1v) is 10.9. The Morgan fingerprint density at radius 1 is 1.18 bits per heavy atom. The van der Waals surface area contributed by atoms with E-state index in [1.54, 1.807) is 0 Å². The van der Waals surface area contributed by atoms with Crippen molar-refractivity contribution in [3.8, 4) is 11.8 Å². The number of rotatable bonds is 5. The highest BCUT2D eigenvalue weighted by molar-refractivity contribution is 5.66. The monoisotopic (exact) mass is 390 g/mol. The predicted molar refractivity (Wildman–Crippen MR) is 106 cm³/mol. The molecule has 3 aliphatic rings. The molecule has 0 aromatic heterocycles. The Balaban J connectivity index is 1.74. The van der Waals surface area contributed by atoms with E-state index in [2.05, 4.69) is 24.8 Å².